The van der Waals surface area contributed by atoms with Crippen LogP contribution in [0.15, 0.2) is 30.3 Å². The van der Waals surface area contributed by atoms with Crippen molar-refractivity contribution >= 4 is 5.91 Å². The fraction of sp³-hybridized carbons (Fsp3) is 0.562. The van der Waals surface area contributed by atoms with E-state index < -0.39 is 12.2 Å². The van der Waals surface area contributed by atoms with Gasteiger partial charge in [-0.3, -0.25) is 4.79 Å². The van der Waals surface area contributed by atoms with Gasteiger partial charge in [-0.05, 0) is 39.6 Å². The van der Waals surface area contributed by atoms with Crippen LogP contribution in [0.4, 0.5) is 0 Å². The zero-order chi connectivity index (χ0) is 15.4. The maximum absolute atomic E-state index is 12.6. The highest BCUT2D eigenvalue weighted by atomic mass is 16.5. The van der Waals surface area contributed by atoms with Crippen molar-refractivity contribution in [2.24, 2.45) is 0 Å². The largest absolute Gasteiger partial charge is 0.481 e. The van der Waals surface area contributed by atoms with E-state index >= 15 is 0 Å². The number of para-hydroxylation sites is 1. The fourth-order valence-electron chi connectivity index (χ4n) is 2.74. The van der Waals surface area contributed by atoms with Crippen LogP contribution in [-0.2, 0) is 4.79 Å². The van der Waals surface area contributed by atoms with Crippen molar-refractivity contribution in [3.63, 3.8) is 0 Å². The number of nitrogens with zero attached hydrogens (tertiary/aromatic N) is 2. The van der Waals surface area contributed by atoms with Crippen LogP contribution < -0.4 is 4.74 Å². The molecular formula is C16H24N2O3. The molecule has 5 heteroatoms. The minimum atomic E-state index is -0.553. The number of ether oxygens (including phenoxy) is 1. The van der Waals surface area contributed by atoms with Gasteiger partial charge in [-0.2, -0.15) is 0 Å². The van der Waals surface area contributed by atoms with Gasteiger partial charge in [0.1, 0.15) is 5.75 Å². The van der Waals surface area contributed by atoms with Crippen molar-refractivity contribution in [2.45, 2.75) is 31.6 Å². The Morgan fingerprint density at radius 2 is 2.10 bits per heavy atom. The van der Waals surface area contributed by atoms with Crippen LogP contribution in [0.1, 0.15) is 13.3 Å². The van der Waals surface area contributed by atoms with Gasteiger partial charge >= 0.3 is 0 Å². The summed E-state index contributed by atoms with van der Waals surface area (Å²) in [5.41, 5.74) is 0. The molecule has 5 nitrogen and oxygen atoms in total. The maximum atomic E-state index is 12.6. The molecular weight excluding hydrogens is 268 g/mol. The van der Waals surface area contributed by atoms with Gasteiger partial charge in [0.2, 0.25) is 0 Å². The number of likely N-dealkylation sites (N-methyl/N-ethyl adjacent to an activating group) is 1. The fourth-order valence-corrected chi connectivity index (χ4v) is 2.74. The number of β-amino-alcohol motifs (C(OH)–C–C–N with tert-alkyl or cyclic N) is 1. The molecule has 1 aromatic carbocycles. The molecule has 116 valence electrons. The van der Waals surface area contributed by atoms with E-state index in [2.05, 4.69) is 0 Å². The monoisotopic (exact) mass is 292 g/mol. The Kier molecular flexibility index (Phi) is 5.20. The van der Waals surface area contributed by atoms with Gasteiger partial charge < -0.3 is 19.6 Å². The van der Waals surface area contributed by atoms with Crippen molar-refractivity contribution in [3.8, 4) is 5.75 Å². The molecule has 2 rings (SSSR count). The lowest BCUT2D eigenvalue weighted by molar-refractivity contribution is -0.139. The molecule has 21 heavy (non-hydrogen) atoms. The van der Waals surface area contributed by atoms with E-state index in [-0.39, 0.29) is 11.9 Å². The van der Waals surface area contributed by atoms with Gasteiger partial charge in [0.05, 0.1) is 6.10 Å². The van der Waals surface area contributed by atoms with Crippen LogP contribution in [0.2, 0.25) is 0 Å². The molecule has 0 radical (unpaired) electrons. The first-order valence-electron chi connectivity index (χ1n) is 7.32. The quantitative estimate of drug-likeness (QED) is 0.879. The van der Waals surface area contributed by atoms with E-state index in [1.54, 1.807) is 11.8 Å². The molecule has 0 bridgehead atoms. The SMILES string of the molecule is CC(Oc1ccccc1)C(=O)N1CC(O)CC1CN(C)C. The van der Waals surface area contributed by atoms with Crippen LogP contribution >= 0.6 is 0 Å². The molecule has 1 amide bonds. The first-order chi connectivity index (χ1) is 9.97. The zero-order valence-corrected chi connectivity index (χ0v) is 12.9. The predicted octanol–water partition coefficient (Wildman–Crippen LogP) is 0.977. The summed E-state index contributed by atoms with van der Waals surface area (Å²) < 4.78 is 5.69. The molecule has 3 atom stereocenters. The van der Waals surface area contributed by atoms with E-state index in [9.17, 15) is 9.90 Å². The number of aliphatic hydroxyl groups excluding tert-OH is 1. The lowest BCUT2D eigenvalue weighted by Crippen LogP contribution is -2.46. The normalized spacial score (nSPS) is 23.4. The molecule has 1 fully saturated rings. The third-order valence-electron chi connectivity index (χ3n) is 3.66. The Morgan fingerprint density at radius 1 is 1.43 bits per heavy atom. The summed E-state index contributed by atoms with van der Waals surface area (Å²) >= 11 is 0. The minimum absolute atomic E-state index is 0.0457. The number of benzene rings is 1. The Labute approximate surface area is 126 Å². The van der Waals surface area contributed by atoms with Gasteiger partial charge in [-0.1, -0.05) is 18.2 Å². The van der Waals surface area contributed by atoms with Crippen molar-refractivity contribution in [3.05, 3.63) is 30.3 Å². The Morgan fingerprint density at radius 3 is 2.71 bits per heavy atom. The number of rotatable bonds is 5. The number of carbonyl (C=O) groups is 1. The summed E-state index contributed by atoms with van der Waals surface area (Å²) in [5, 5.41) is 9.85. The molecule has 0 aliphatic carbocycles. The van der Waals surface area contributed by atoms with E-state index in [0.717, 1.165) is 6.54 Å². The van der Waals surface area contributed by atoms with Gasteiger partial charge in [-0.25, -0.2) is 0 Å². The lowest BCUT2D eigenvalue weighted by Gasteiger charge is -2.29. The van der Waals surface area contributed by atoms with Crippen LogP contribution in [0.25, 0.3) is 0 Å². The molecule has 1 aromatic rings. The number of hydrogen-bond donors (Lipinski definition) is 1. The zero-order valence-electron chi connectivity index (χ0n) is 12.9. The van der Waals surface area contributed by atoms with Crippen LogP contribution in [0.3, 0.4) is 0 Å². The second-order valence-corrected chi connectivity index (χ2v) is 5.87. The Balaban J connectivity index is 2.00. The second-order valence-electron chi connectivity index (χ2n) is 5.87. The molecule has 3 unspecified atom stereocenters. The van der Waals surface area contributed by atoms with Gasteiger partial charge in [0.25, 0.3) is 5.91 Å². The van der Waals surface area contributed by atoms with E-state index in [1.165, 1.54) is 0 Å². The van der Waals surface area contributed by atoms with Crippen molar-refractivity contribution in [2.75, 3.05) is 27.2 Å². The lowest BCUT2D eigenvalue weighted by atomic mass is 10.2. The van der Waals surface area contributed by atoms with Crippen molar-refractivity contribution in [1.82, 2.24) is 9.80 Å². The highest BCUT2D eigenvalue weighted by molar-refractivity contribution is 5.81. The Bertz CT molecular complexity index is 464. The van der Waals surface area contributed by atoms with Crippen LogP contribution in [0, 0.1) is 0 Å². The second kappa shape index (κ2) is 6.91. The molecule has 1 saturated heterocycles. The molecule has 1 aliphatic heterocycles. The maximum Gasteiger partial charge on any atom is 0.263 e. The third kappa shape index (κ3) is 4.19. The third-order valence-corrected chi connectivity index (χ3v) is 3.66. The first kappa shape index (κ1) is 15.8. The summed E-state index contributed by atoms with van der Waals surface area (Å²) in [6, 6.07) is 9.37. The molecule has 0 aromatic heterocycles. The summed E-state index contributed by atoms with van der Waals surface area (Å²) in [6.45, 7) is 2.90. The topological polar surface area (TPSA) is 53.0 Å². The standard InChI is InChI=1S/C16H24N2O3/c1-12(21-15-7-5-4-6-8-15)16(20)18-11-14(19)9-13(18)10-17(2)3/h4-8,12-14,19H,9-11H2,1-3H3. The molecule has 0 spiro atoms. The number of aliphatic hydroxyl groups is 1. The van der Waals surface area contributed by atoms with Crippen molar-refractivity contribution < 1.29 is 14.6 Å². The van der Waals surface area contributed by atoms with Gasteiger partial charge in [0.15, 0.2) is 6.10 Å². The van der Waals surface area contributed by atoms with E-state index in [1.807, 2.05) is 49.3 Å². The highest BCUT2D eigenvalue weighted by Gasteiger charge is 2.36. The minimum Gasteiger partial charge on any atom is -0.481 e. The summed E-state index contributed by atoms with van der Waals surface area (Å²) in [4.78, 5) is 16.3. The molecule has 1 N–H and O–H groups in total. The van der Waals surface area contributed by atoms with Gasteiger partial charge in [-0.15, -0.1) is 0 Å². The van der Waals surface area contributed by atoms with E-state index in [0.29, 0.717) is 18.7 Å². The molecule has 0 saturated carbocycles. The predicted molar refractivity (Wildman–Crippen MR) is 81.2 cm³/mol. The molecule has 1 heterocycles. The Hall–Kier alpha value is -1.59. The number of hydrogen-bond acceptors (Lipinski definition) is 4. The highest BCUT2D eigenvalue weighted by Crippen LogP contribution is 2.21. The summed E-state index contributed by atoms with van der Waals surface area (Å²) in [6.07, 6.45) is -0.368. The first-order valence-corrected chi connectivity index (χ1v) is 7.32. The average Bonchev–Trinajstić information content (AvgIpc) is 2.79. The summed E-state index contributed by atoms with van der Waals surface area (Å²) in [5.74, 6) is 0.615. The average molecular weight is 292 g/mol. The smallest absolute Gasteiger partial charge is 0.263 e. The number of amides is 1. The van der Waals surface area contributed by atoms with Gasteiger partial charge in [0, 0.05) is 19.1 Å². The number of likely N-dealkylation sites (tertiary alicyclic amines) is 1. The molecule has 1 aliphatic rings. The van der Waals surface area contributed by atoms with Crippen LogP contribution in [0.5, 0.6) is 5.75 Å². The van der Waals surface area contributed by atoms with E-state index in [4.69, 9.17) is 4.74 Å². The summed E-state index contributed by atoms with van der Waals surface area (Å²) in [7, 11) is 3.94. The van der Waals surface area contributed by atoms with Crippen molar-refractivity contribution in [1.29, 1.82) is 0 Å². The van der Waals surface area contributed by atoms with Crippen LogP contribution in [-0.4, -0.2) is 66.2 Å². The number of carbonyl (C=O) groups excluding carboxylic acids is 1.